The van der Waals surface area contributed by atoms with E-state index in [1.807, 2.05) is 18.5 Å². The summed E-state index contributed by atoms with van der Waals surface area (Å²) in [5.41, 5.74) is 3.64. The van der Waals surface area contributed by atoms with E-state index in [-0.39, 0.29) is 0 Å². The number of hydrogen-bond donors (Lipinski definition) is 2. The predicted molar refractivity (Wildman–Crippen MR) is 88.9 cm³/mol. The van der Waals surface area contributed by atoms with Gasteiger partial charge in [-0.3, -0.25) is 0 Å². The maximum atomic E-state index is 5.49. The molecule has 1 aromatic carbocycles. The van der Waals surface area contributed by atoms with Crippen molar-refractivity contribution in [3.8, 4) is 5.88 Å². The van der Waals surface area contributed by atoms with Crippen molar-refractivity contribution in [2.75, 3.05) is 6.61 Å². The molecule has 2 aromatic heterocycles. The average molecular weight is 295 g/mol. The molecule has 3 aromatic rings. The first-order chi connectivity index (χ1) is 10.9. The number of nitrogens with zero attached hydrogens (tertiary/aromatic N) is 1. The van der Waals surface area contributed by atoms with E-state index in [2.05, 4.69) is 52.5 Å². The number of hydrogen-bond acceptors (Lipinski definition) is 3. The highest BCUT2D eigenvalue weighted by Crippen LogP contribution is 2.17. The normalized spacial score (nSPS) is 11.0. The summed E-state index contributed by atoms with van der Waals surface area (Å²) in [5, 5.41) is 4.74. The molecule has 4 heteroatoms. The van der Waals surface area contributed by atoms with Gasteiger partial charge in [0.1, 0.15) is 0 Å². The van der Waals surface area contributed by atoms with Gasteiger partial charge >= 0.3 is 0 Å². The van der Waals surface area contributed by atoms with Crippen LogP contribution in [0, 0.1) is 0 Å². The minimum Gasteiger partial charge on any atom is -0.478 e. The van der Waals surface area contributed by atoms with Crippen molar-refractivity contribution in [1.82, 2.24) is 15.3 Å². The van der Waals surface area contributed by atoms with Gasteiger partial charge in [0.05, 0.1) is 6.61 Å². The van der Waals surface area contributed by atoms with Crippen molar-refractivity contribution < 1.29 is 4.74 Å². The van der Waals surface area contributed by atoms with Gasteiger partial charge in [-0.2, -0.15) is 0 Å². The molecule has 0 aliphatic heterocycles. The Morgan fingerprint density at radius 2 is 2.09 bits per heavy atom. The van der Waals surface area contributed by atoms with E-state index in [4.69, 9.17) is 4.74 Å². The van der Waals surface area contributed by atoms with Crippen LogP contribution in [-0.2, 0) is 13.1 Å². The lowest BCUT2D eigenvalue weighted by Crippen LogP contribution is -2.13. The third kappa shape index (κ3) is 3.46. The number of ether oxygens (including phenoxy) is 1. The molecule has 3 rings (SSSR count). The van der Waals surface area contributed by atoms with Crippen molar-refractivity contribution in [3.05, 3.63) is 59.9 Å². The fourth-order valence-corrected chi connectivity index (χ4v) is 2.45. The molecule has 0 spiro atoms. The smallest absolute Gasteiger partial charge is 0.213 e. The molecule has 4 nitrogen and oxygen atoms in total. The number of rotatable bonds is 7. The van der Waals surface area contributed by atoms with Gasteiger partial charge in [0, 0.05) is 42.5 Å². The Kier molecular flexibility index (Phi) is 4.71. The van der Waals surface area contributed by atoms with Crippen LogP contribution in [0.3, 0.4) is 0 Å². The first-order valence-corrected chi connectivity index (χ1v) is 7.70. The van der Waals surface area contributed by atoms with Gasteiger partial charge < -0.3 is 15.0 Å². The van der Waals surface area contributed by atoms with Crippen LogP contribution in [0.1, 0.15) is 24.5 Å². The molecule has 0 unspecified atom stereocenters. The molecule has 114 valence electrons. The van der Waals surface area contributed by atoms with Crippen LogP contribution in [0.2, 0.25) is 0 Å². The van der Waals surface area contributed by atoms with Crippen LogP contribution in [-0.4, -0.2) is 16.6 Å². The van der Waals surface area contributed by atoms with Crippen LogP contribution in [0.5, 0.6) is 5.88 Å². The molecule has 22 heavy (non-hydrogen) atoms. The zero-order valence-corrected chi connectivity index (χ0v) is 12.8. The number of aromatic nitrogens is 2. The van der Waals surface area contributed by atoms with Crippen LogP contribution in [0.15, 0.2) is 48.8 Å². The molecular formula is C18H21N3O. The molecule has 2 N–H and O–H groups in total. The van der Waals surface area contributed by atoms with E-state index < -0.39 is 0 Å². The summed E-state index contributed by atoms with van der Waals surface area (Å²) in [6.45, 7) is 4.43. The maximum absolute atomic E-state index is 5.49. The van der Waals surface area contributed by atoms with Crippen molar-refractivity contribution in [2.24, 2.45) is 0 Å². The van der Waals surface area contributed by atoms with Crippen molar-refractivity contribution >= 4 is 10.9 Å². The SMILES string of the molecule is CCCOc1ccc(CNCc2cccc3[nH]ccc23)cn1. The Morgan fingerprint density at radius 1 is 1.14 bits per heavy atom. The standard InChI is InChI=1S/C18H21N3O/c1-2-10-22-18-7-6-14(12-21-18)11-19-13-15-4-3-5-17-16(15)8-9-20-17/h3-9,12,19-20H,2,10-11,13H2,1H3. The highest BCUT2D eigenvalue weighted by Gasteiger charge is 2.02. The lowest BCUT2D eigenvalue weighted by Gasteiger charge is -2.07. The van der Waals surface area contributed by atoms with Crippen LogP contribution >= 0.6 is 0 Å². The van der Waals surface area contributed by atoms with E-state index in [1.54, 1.807) is 0 Å². The lowest BCUT2D eigenvalue weighted by molar-refractivity contribution is 0.305. The number of aromatic amines is 1. The Bertz CT molecular complexity index is 719. The second-order valence-electron chi connectivity index (χ2n) is 5.31. The highest BCUT2D eigenvalue weighted by atomic mass is 16.5. The van der Waals surface area contributed by atoms with Gasteiger partial charge in [0.15, 0.2) is 0 Å². The average Bonchev–Trinajstić information content (AvgIpc) is 3.03. The number of nitrogens with one attached hydrogen (secondary N) is 2. The molecular weight excluding hydrogens is 274 g/mol. The number of benzene rings is 1. The van der Waals surface area contributed by atoms with Crippen molar-refractivity contribution in [2.45, 2.75) is 26.4 Å². The quantitative estimate of drug-likeness (QED) is 0.699. The zero-order chi connectivity index (χ0) is 15.2. The Balaban J connectivity index is 1.55. The molecule has 0 amide bonds. The van der Waals surface area contributed by atoms with E-state index in [9.17, 15) is 0 Å². The number of pyridine rings is 1. The first kappa shape index (κ1) is 14.6. The molecule has 2 heterocycles. The maximum Gasteiger partial charge on any atom is 0.213 e. The lowest BCUT2D eigenvalue weighted by atomic mass is 10.1. The van der Waals surface area contributed by atoms with Crippen LogP contribution in [0.25, 0.3) is 10.9 Å². The minimum atomic E-state index is 0.697. The van der Waals surface area contributed by atoms with Gasteiger partial charge in [0.25, 0.3) is 0 Å². The van der Waals surface area contributed by atoms with Gasteiger partial charge in [-0.1, -0.05) is 25.1 Å². The van der Waals surface area contributed by atoms with Gasteiger partial charge in [-0.05, 0) is 29.7 Å². The molecule has 0 radical (unpaired) electrons. The molecule has 0 saturated carbocycles. The predicted octanol–water partition coefficient (Wildman–Crippen LogP) is 3.64. The number of fused-ring (bicyclic) bond motifs is 1. The second kappa shape index (κ2) is 7.09. The summed E-state index contributed by atoms with van der Waals surface area (Å²) in [6.07, 6.45) is 4.84. The van der Waals surface area contributed by atoms with Gasteiger partial charge in [-0.25, -0.2) is 4.98 Å². The van der Waals surface area contributed by atoms with Crippen LogP contribution in [0.4, 0.5) is 0 Å². The monoisotopic (exact) mass is 295 g/mol. The summed E-state index contributed by atoms with van der Waals surface area (Å²) in [5.74, 6) is 0.697. The molecule has 0 saturated heterocycles. The van der Waals surface area contributed by atoms with Gasteiger partial charge in [0.2, 0.25) is 5.88 Å². The highest BCUT2D eigenvalue weighted by molar-refractivity contribution is 5.82. The molecule has 0 atom stereocenters. The second-order valence-corrected chi connectivity index (χ2v) is 5.31. The van der Waals surface area contributed by atoms with E-state index in [0.29, 0.717) is 12.5 Å². The topological polar surface area (TPSA) is 49.9 Å². The molecule has 0 aliphatic rings. The van der Waals surface area contributed by atoms with E-state index >= 15 is 0 Å². The number of H-pyrrole nitrogens is 1. The van der Waals surface area contributed by atoms with Gasteiger partial charge in [-0.15, -0.1) is 0 Å². The molecule has 0 fully saturated rings. The van der Waals surface area contributed by atoms with Crippen molar-refractivity contribution in [1.29, 1.82) is 0 Å². The van der Waals surface area contributed by atoms with E-state index in [0.717, 1.165) is 25.1 Å². The van der Waals surface area contributed by atoms with E-state index in [1.165, 1.54) is 16.5 Å². The van der Waals surface area contributed by atoms with Crippen molar-refractivity contribution in [3.63, 3.8) is 0 Å². The third-order valence-corrected chi connectivity index (χ3v) is 3.58. The fourth-order valence-electron chi connectivity index (χ4n) is 2.45. The molecule has 0 aliphatic carbocycles. The Morgan fingerprint density at radius 3 is 2.91 bits per heavy atom. The fraction of sp³-hybridized carbons (Fsp3) is 0.278. The van der Waals surface area contributed by atoms with Crippen LogP contribution < -0.4 is 10.1 Å². The third-order valence-electron chi connectivity index (χ3n) is 3.58. The molecule has 0 bridgehead atoms. The summed E-state index contributed by atoms with van der Waals surface area (Å²) in [6, 6.07) is 12.4. The zero-order valence-electron chi connectivity index (χ0n) is 12.8. The summed E-state index contributed by atoms with van der Waals surface area (Å²) in [4.78, 5) is 7.56. The first-order valence-electron chi connectivity index (χ1n) is 7.70. The summed E-state index contributed by atoms with van der Waals surface area (Å²) >= 11 is 0. The summed E-state index contributed by atoms with van der Waals surface area (Å²) < 4.78 is 5.49. The largest absolute Gasteiger partial charge is 0.478 e. The Labute approximate surface area is 130 Å². The Hall–Kier alpha value is -2.33. The summed E-state index contributed by atoms with van der Waals surface area (Å²) in [7, 11) is 0. The minimum absolute atomic E-state index is 0.697.